The first-order valence-electron chi connectivity index (χ1n) is 18.0. The normalized spacial score (nSPS) is 18.9. The van der Waals surface area contributed by atoms with E-state index < -0.39 is 18.1 Å². The van der Waals surface area contributed by atoms with Crippen molar-refractivity contribution in [2.45, 2.75) is 79.7 Å². The number of likely N-dealkylation sites (N-methyl/N-ethyl adjacent to an activating group) is 1. The lowest BCUT2D eigenvalue weighted by Crippen LogP contribution is -2.57. The molecule has 0 bridgehead atoms. The van der Waals surface area contributed by atoms with Crippen LogP contribution < -0.4 is 27.4 Å². The third-order valence-electron chi connectivity index (χ3n) is 9.55. The summed E-state index contributed by atoms with van der Waals surface area (Å²) in [5.74, 6) is -0.753. The summed E-state index contributed by atoms with van der Waals surface area (Å²) in [7, 11) is 1.61. The second kappa shape index (κ2) is 18.4. The van der Waals surface area contributed by atoms with Crippen molar-refractivity contribution in [3.8, 4) is 11.4 Å². The number of halogens is 1. The lowest BCUT2D eigenvalue weighted by atomic mass is 10.0. The molecule has 2 aromatic carbocycles. The average molecular weight is 773 g/mol. The van der Waals surface area contributed by atoms with E-state index in [1.807, 2.05) is 48.7 Å². The summed E-state index contributed by atoms with van der Waals surface area (Å²) in [6.45, 7) is 1.22. The molecule has 4 heterocycles. The Hall–Kier alpha value is -4.87. The maximum Gasteiger partial charge on any atom is 0.245 e. The number of fused-ring (bicyclic) bond motifs is 3. The fraction of sp³-hybridized carbons (Fsp3) is 0.378. The van der Waals surface area contributed by atoms with E-state index >= 15 is 0 Å². The van der Waals surface area contributed by atoms with E-state index in [-0.39, 0.29) is 30.7 Å². The van der Waals surface area contributed by atoms with Gasteiger partial charge in [-0.15, -0.1) is 10.2 Å². The highest BCUT2D eigenvalue weighted by Gasteiger charge is 2.34. The van der Waals surface area contributed by atoms with E-state index in [0.717, 1.165) is 22.0 Å². The van der Waals surface area contributed by atoms with E-state index in [4.69, 9.17) is 23.1 Å². The van der Waals surface area contributed by atoms with Gasteiger partial charge in [-0.25, -0.2) is 4.98 Å². The molecule has 54 heavy (non-hydrogen) atoms. The predicted octanol–water partition coefficient (Wildman–Crippen LogP) is 3.06. The molecule has 3 aromatic heterocycles. The Bertz CT molecular complexity index is 2060. The molecule has 15 nitrogen and oxygen atoms in total. The van der Waals surface area contributed by atoms with Gasteiger partial charge in [0.2, 0.25) is 23.5 Å². The summed E-state index contributed by atoms with van der Waals surface area (Å²) in [5.41, 5.74) is 15.6. The summed E-state index contributed by atoms with van der Waals surface area (Å²) in [4.78, 5) is 53.0. The van der Waals surface area contributed by atoms with Crippen molar-refractivity contribution in [2.24, 2.45) is 11.5 Å². The summed E-state index contributed by atoms with van der Waals surface area (Å²) >= 11 is 8.34. The number of para-hydroxylation sites is 1. The van der Waals surface area contributed by atoms with Gasteiger partial charge in [0.1, 0.15) is 17.1 Å². The number of carbonyl (C=O) groups excluding carboxylic acids is 3. The van der Waals surface area contributed by atoms with E-state index in [9.17, 15) is 14.4 Å². The average Bonchev–Trinajstić information content (AvgIpc) is 3.87. The highest BCUT2D eigenvalue weighted by molar-refractivity contribution is 7.99. The van der Waals surface area contributed by atoms with Crippen LogP contribution in [0.1, 0.15) is 48.8 Å². The van der Waals surface area contributed by atoms with E-state index in [2.05, 4.69) is 46.5 Å². The molecular weight excluding hydrogens is 728 g/mol. The molecule has 0 aliphatic carbocycles. The number of nitrogens with zero attached hydrogens (tertiary/aromatic N) is 5. The summed E-state index contributed by atoms with van der Waals surface area (Å²) in [6.07, 6.45) is 6.44. The lowest BCUT2D eigenvalue weighted by molar-refractivity contribution is -0.142. The number of pyridine rings is 1. The van der Waals surface area contributed by atoms with Crippen LogP contribution in [0.3, 0.4) is 0 Å². The van der Waals surface area contributed by atoms with Crippen molar-refractivity contribution in [1.29, 1.82) is 0 Å². The number of aromatic nitrogens is 6. The van der Waals surface area contributed by atoms with Gasteiger partial charge in [-0.05, 0) is 91.4 Å². The number of H-pyrrole nitrogens is 2. The molecule has 0 unspecified atom stereocenters. The summed E-state index contributed by atoms with van der Waals surface area (Å²) in [6, 6.07) is 12.7. The maximum absolute atomic E-state index is 14.5. The topological polar surface area (TPSA) is 226 Å². The van der Waals surface area contributed by atoms with Gasteiger partial charge in [0, 0.05) is 60.3 Å². The minimum absolute atomic E-state index is 0.0667. The van der Waals surface area contributed by atoms with Crippen LogP contribution >= 0.6 is 23.4 Å². The van der Waals surface area contributed by atoms with E-state index in [1.54, 1.807) is 19.3 Å². The predicted molar refractivity (Wildman–Crippen MR) is 207 cm³/mol. The Labute approximate surface area is 322 Å². The quantitative estimate of drug-likeness (QED) is 0.102. The number of carbonyl (C=O) groups is 3. The molecule has 3 amide bonds. The first-order chi connectivity index (χ1) is 26.3. The Morgan fingerprint density at radius 2 is 1.76 bits per heavy atom. The van der Waals surface area contributed by atoms with Crippen molar-refractivity contribution in [2.75, 3.05) is 20.1 Å². The Kier molecular flexibility index (Phi) is 13.3. The Balaban J connectivity index is 1.43. The molecule has 5 aromatic rings. The van der Waals surface area contributed by atoms with E-state index in [0.29, 0.717) is 83.6 Å². The monoisotopic (exact) mass is 772 g/mol. The Morgan fingerprint density at radius 1 is 0.944 bits per heavy atom. The van der Waals surface area contributed by atoms with Crippen LogP contribution in [0.4, 0.5) is 0 Å². The number of amides is 3. The molecule has 9 N–H and O–H groups in total. The number of rotatable bonds is 10. The molecule has 1 aliphatic heterocycles. The van der Waals surface area contributed by atoms with Crippen molar-refractivity contribution in [3.05, 3.63) is 82.6 Å². The van der Waals surface area contributed by atoms with Crippen molar-refractivity contribution in [1.82, 2.24) is 51.4 Å². The van der Waals surface area contributed by atoms with Crippen molar-refractivity contribution < 1.29 is 14.4 Å². The number of tetrazole rings is 1. The van der Waals surface area contributed by atoms with Gasteiger partial charge >= 0.3 is 0 Å². The number of nitrogens with two attached hydrogens (primary N) is 2. The van der Waals surface area contributed by atoms with Gasteiger partial charge < -0.3 is 37.3 Å². The molecule has 284 valence electrons. The van der Waals surface area contributed by atoms with E-state index in [1.165, 1.54) is 16.7 Å². The molecule has 6 rings (SSSR count). The molecule has 1 aliphatic rings. The number of benzene rings is 2. The number of hydrogen-bond donors (Lipinski definition) is 7. The van der Waals surface area contributed by atoms with Crippen molar-refractivity contribution >= 4 is 52.0 Å². The summed E-state index contributed by atoms with van der Waals surface area (Å²) < 4.78 is 0. The molecule has 0 radical (unpaired) electrons. The molecule has 0 saturated heterocycles. The fourth-order valence-corrected chi connectivity index (χ4v) is 7.93. The van der Waals surface area contributed by atoms with Crippen LogP contribution in [-0.4, -0.2) is 91.5 Å². The zero-order valence-electron chi connectivity index (χ0n) is 30.0. The fourth-order valence-electron chi connectivity index (χ4n) is 6.57. The molecule has 0 saturated carbocycles. The smallest absolute Gasteiger partial charge is 0.245 e. The van der Waals surface area contributed by atoms with Gasteiger partial charge in [0.25, 0.3) is 0 Å². The molecule has 0 fully saturated rings. The molecule has 17 heteroatoms. The number of aromatic amines is 2. The largest absolute Gasteiger partial charge is 0.361 e. The van der Waals surface area contributed by atoms with Crippen LogP contribution in [0.2, 0.25) is 5.02 Å². The van der Waals surface area contributed by atoms with Crippen LogP contribution in [0, 0.1) is 0 Å². The number of nitrogens with one attached hydrogen (secondary N) is 5. The SMILES string of the molecule is CN1C(=O)[C@H](CCCCN)NC(=O)[C@H](CCCN)NCc2cccnc2Sc2c(Cl)cc(-c3nn[nH]n3)cc2CNC(=O)[C@@H]1Cc1c[nH]c2ccccc12. The van der Waals surface area contributed by atoms with Crippen LogP contribution in [0.5, 0.6) is 0 Å². The molecule has 0 spiro atoms. The minimum atomic E-state index is -0.943. The standard InChI is InChI=1S/C37H45ClN12O3S/c1-50-31(18-24-20-42-28-10-3-2-9-26(24)28)35(52)44-21-25-16-23(33-46-48-49-47-33)17-27(38)32(25)54-36-22(8-7-15-41-36)19-43-29(12-6-14-40)34(51)45-30(37(50)53)11-4-5-13-39/h2-3,7-10,15-17,20,29-31,42-43H,4-6,11-14,18-19,21,39-40H2,1H3,(H,44,52)(H,45,51)(H,46,47,48,49)/t29-,30-,31-/m0/s1. The third-order valence-corrected chi connectivity index (χ3v) is 11.2. The highest BCUT2D eigenvalue weighted by Crippen LogP contribution is 2.39. The van der Waals surface area contributed by atoms with Gasteiger partial charge in [0.15, 0.2) is 0 Å². The minimum Gasteiger partial charge on any atom is -0.361 e. The number of unbranched alkanes of at least 4 members (excludes halogenated alkanes) is 1. The van der Waals surface area contributed by atoms with Gasteiger partial charge in [-0.3, -0.25) is 14.4 Å². The van der Waals surface area contributed by atoms with Crippen LogP contribution in [0.15, 0.2) is 70.8 Å². The highest BCUT2D eigenvalue weighted by atomic mass is 35.5. The Morgan fingerprint density at radius 3 is 2.56 bits per heavy atom. The number of hydrogen-bond acceptors (Lipinski definition) is 11. The van der Waals surface area contributed by atoms with Crippen LogP contribution in [-0.2, 0) is 33.9 Å². The van der Waals surface area contributed by atoms with Gasteiger partial charge in [0.05, 0.1) is 11.1 Å². The van der Waals surface area contributed by atoms with Gasteiger partial charge in [-0.2, -0.15) is 5.21 Å². The van der Waals surface area contributed by atoms with Gasteiger partial charge in [-0.1, -0.05) is 47.6 Å². The maximum atomic E-state index is 14.5. The zero-order valence-corrected chi connectivity index (χ0v) is 31.6. The molecular formula is C37H45ClN12O3S. The third kappa shape index (κ3) is 9.25. The summed E-state index contributed by atoms with van der Waals surface area (Å²) in [5, 5.41) is 26.0. The first-order valence-corrected chi connectivity index (χ1v) is 19.2. The second-order valence-electron chi connectivity index (χ2n) is 13.2. The van der Waals surface area contributed by atoms with Crippen LogP contribution in [0.25, 0.3) is 22.3 Å². The van der Waals surface area contributed by atoms with Crippen molar-refractivity contribution in [3.63, 3.8) is 0 Å². The molecule has 3 atom stereocenters. The first kappa shape index (κ1) is 38.8. The second-order valence-corrected chi connectivity index (χ2v) is 14.6. The zero-order chi connectivity index (χ0) is 38.0. The lowest BCUT2D eigenvalue weighted by Gasteiger charge is -2.32.